The molecule has 0 saturated carbocycles. The summed E-state index contributed by atoms with van der Waals surface area (Å²) in [5.41, 5.74) is 6.73. The fourth-order valence-corrected chi connectivity index (χ4v) is 3.41. The van der Waals surface area contributed by atoms with Gasteiger partial charge in [-0.15, -0.1) is 0 Å². The number of aliphatic imine (C=N–C) groups is 1. The first-order chi connectivity index (χ1) is 10.2. The molecule has 1 saturated heterocycles. The van der Waals surface area contributed by atoms with Gasteiger partial charge in [-0.3, -0.25) is 4.99 Å². The third kappa shape index (κ3) is 4.74. The molecule has 0 aromatic heterocycles. The van der Waals surface area contributed by atoms with Crippen molar-refractivity contribution < 1.29 is 9.47 Å². The van der Waals surface area contributed by atoms with Gasteiger partial charge in [0.05, 0.1) is 19.9 Å². The summed E-state index contributed by atoms with van der Waals surface area (Å²) in [7, 11) is 3.25. The van der Waals surface area contributed by atoms with E-state index in [1.54, 1.807) is 14.2 Å². The standard InChI is InChI=1S/C15H23N3O2S/c1-19-12-5-6-14(20-2)13(8-12)18-15(16)17-9-11-4-3-7-21-10-11/h5-6,8,11H,3-4,7,9-10H2,1-2H3,(H3,16,17,18). The molecule has 21 heavy (non-hydrogen) atoms. The molecule has 0 amide bonds. The number of hydrogen-bond acceptors (Lipinski definition) is 4. The van der Waals surface area contributed by atoms with Gasteiger partial charge in [0, 0.05) is 12.6 Å². The first kappa shape index (κ1) is 15.8. The number of ether oxygens (including phenoxy) is 2. The zero-order valence-electron chi connectivity index (χ0n) is 12.6. The molecule has 0 radical (unpaired) electrons. The number of benzene rings is 1. The number of thioether (sulfide) groups is 1. The average molecular weight is 309 g/mol. The first-order valence-corrected chi connectivity index (χ1v) is 8.25. The molecule has 1 unspecified atom stereocenters. The SMILES string of the molecule is COc1ccc(OC)c(NC(N)=NCC2CCCSC2)c1. The summed E-state index contributed by atoms with van der Waals surface area (Å²) in [5, 5.41) is 3.09. The zero-order valence-corrected chi connectivity index (χ0v) is 13.4. The van der Waals surface area contributed by atoms with Crippen molar-refractivity contribution in [2.75, 3.05) is 37.6 Å². The molecular weight excluding hydrogens is 286 g/mol. The van der Waals surface area contributed by atoms with Crippen molar-refractivity contribution >= 4 is 23.4 Å². The van der Waals surface area contributed by atoms with Gasteiger partial charge in [0.1, 0.15) is 11.5 Å². The molecule has 116 valence electrons. The number of methoxy groups -OCH3 is 2. The van der Waals surface area contributed by atoms with E-state index in [0.717, 1.165) is 18.0 Å². The number of guanidine groups is 1. The van der Waals surface area contributed by atoms with Crippen LogP contribution < -0.4 is 20.5 Å². The van der Waals surface area contributed by atoms with Crippen molar-refractivity contribution in [3.8, 4) is 11.5 Å². The second-order valence-corrected chi connectivity index (χ2v) is 6.15. The van der Waals surface area contributed by atoms with Gasteiger partial charge in [-0.05, 0) is 42.4 Å². The number of nitrogens with two attached hydrogens (primary N) is 1. The first-order valence-electron chi connectivity index (χ1n) is 7.09. The Balaban J connectivity index is 1.98. The monoisotopic (exact) mass is 309 g/mol. The summed E-state index contributed by atoms with van der Waals surface area (Å²) in [6.07, 6.45) is 2.52. The van der Waals surface area contributed by atoms with Crippen LogP contribution in [0.2, 0.25) is 0 Å². The molecule has 0 spiro atoms. The fraction of sp³-hybridized carbons (Fsp3) is 0.533. The van der Waals surface area contributed by atoms with Crippen LogP contribution in [0.1, 0.15) is 12.8 Å². The lowest BCUT2D eigenvalue weighted by atomic mass is 10.1. The predicted molar refractivity (Wildman–Crippen MR) is 89.7 cm³/mol. The second-order valence-electron chi connectivity index (χ2n) is 5.00. The van der Waals surface area contributed by atoms with Crippen LogP contribution in [0.3, 0.4) is 0 Å². The van der Waals surface area contributed by atoms with E-state index in [-0.39, 0.29) is 0 Å². The summed E-state index contributed by atoms with van der Waals surface area (Å²) < 4.78 is 10.5. The van der Waals surface area contributed by atoms with Crippen LogP contribution in [-0.2, 0) is 0 Å². The quantitative estimate of drug-likeness (QED) is 0.646. The fourth-order valence-electron chi connectivity index (χ4n) is 2.27. The minimum absolute atomic E-state index is 0.414. The van der Waals surface area contributed by atoms with E-state index in [4.69, 9.17) is 15.2 Å². The van der Waals surface area contributed by atoms with Crippen molar-refractivity contribution in [2.24, 2.45) is 16.6 Å². The van der Waals surface area contributed by atoms with Crippen LogP contribution in [-0.4, -0.2) is 38.2 Å². The highest BCUT2D eigenvalue weighted by atomic mass is 32.2. The Morgan fingerprint density at radius 3 is 2.95 bits per heavy atom. The Kier molecular flexibility index (Phi) is 6.04. The van der Waals surface area contributed by atoms with E-state index in [1.807, 2.05) is 30.0 Å². The van der Waals surface area contributed by atoms with E-state index in [1.165, 1.54) is 24.3 Å². The summed E-state index contributed by atoms with van der Waals surface area (Å²) in [6, 6.07) is 5.53. The Morgan fingerprint density at radius 1 is 1.43 bits per heavy atom. The number of anilines is 1. The van der Waals surface area contributed by atoms with E-state index < -0.39 is 0 Å². The number of rotatable bonds is 5. The molecule has 1 aromatic carbocycles. The number of hydrogen-bond donors (Lipinski definition) is 2. The van der Waals surface area contributed by atoms with Gasteiger partial charge in [-0.1, -0.05) is 0 Å². The van der Waals surface area contributed by atoms with Gasteiger partial charge >= 0.3 is 0 Å². The van der Waals surface area contributed by atoms with Crippen molar-refractivity contribution in [2.45, 2.75) is 12.8 Å². The molecule has 1 aliphatic rings. The lowest BCUT2D eigenvalue weighted by molar-refractivity contribution is 0.405. The van der Waals surface area contributed by atoms with Gasteiger partial charge in [0.25, 0.3) is 0 Å². The van der Waals surface area contributed by atoms with Gasteiger partial charge in [-0.2, -0.15) is 11.8 Å². The molecule has 1 fully saturated rings. The highest BCUT2D eigenvalue weighted by Crippen LogP contribution is 2.28. The number of nitrogens with one attached hydrogen (secondary N) is 1. The van der Waals surface area contributed by atoms with Crippen LogP contribution >= 0.6 is 11.8 Å². The largest absolute Gasteiger partial charge is 0.497 e. The van der Waals surface area contributed by atoms with E-state index >= 15 is 0 Å². The molecule has 5 nitrogen and oxygen atoms in total. The summed E-state index contributed by atoms with van der Waals surface area (Å²) in [5.74, 6) is 4.96. The van der Waals surface area contributed by atoms with E-state index in [9.17, 15) is 0 Å². The predicted octanol–water partition coefficient (Wildman–Crippen LogP) is 2.57. The molecule has 3 N–H and O–H groups in total. The molecule has 6 heteroatoms. The summed E-state index contributed by atoms with van der Waals surface area (Å²) in [4.78, 5) is 4.45. The van der Waals surface area contributed by atoms with E-state index in [2.05, 4.69) is 10.3 Å². The molecule has 1 aromatic rings. The highest BCUT2D eigenvalue weighted by Gasteiger charge is 2.13. The molecule has 1 aliphatic heterocycles. The second kappa shape index (κ2) is 8.02. The lowest BCUT2D eigenvalue weighted by Gasteiger charge is -2.19. The molecule has 2 rings (SSSR count). The number of nitrogens with zero attached hydrogens (tertiary/aromatic N) is 1. The maximum absolute atomic E-state index is 5.97. The van der Waals surface area contributed by atoms with Crippen molar-refractivity contribution in [3.05, 3.63) is 18.2 Å². The molecule has 0 aliphatic carbocycles. The average Bonchev–Trinajstić information content (AvgIpc) is 2.54. The van der Waals surface area contributed by atoms with Crippen molar-refractivity contribution in [1.82, 2.24) is 0 Å². The maximum Gasteiger partial charge on any atom is 0.193 e. The normalized spacial score (nSPS) is 19.1. The van der Waals surface area contributed by atoms with E-state index in [0.29, 0.717) is 17.6 Å². The van der Waals surface area contributed by atoms with Crippen molar-refractivity contribution in [1.29, 1.82) is 0 Å². The molecule has 0 bridgehead atoms. The maximum atomic E-state index is 5.97. The topological polar surface area (TPSA) is 68.9 Å². The van der Waals surface area contributed by atoms with Crippen molar-refractivity contribution in [3.63, 3.8) is 0 Å². The van der Waals surface area contributed by atoms with Gasteiger partial charge in [0.2, 0.25) is 0 Å². The smallest absolute Gasteiger partial charge is 0.193 e. The van der Waals surface area contributed by atoms with Gasteiger partial charge in [-0.25, -0.2) is 0 Å². The van der Waals surface area contributed by atoms with Gasteiger partial charge < -0.3 is 20.5 Å². The minimum atomic E-state index is 0.414. The van der Waals surface area contributed by atoms with Gasteiger partial charge in [0.15, 0.2) is 5.96 Å². The van der Waals surface area contributed by atoms with Crippen LogP contribution in [0, 0.1) is 5.92 Å². The Labute approximate surface area is 130 Å². The third-order valence-electron chi connectivity index (χ3n) is 3.44. The Morgan fingerprint density at radius 2 is 2.29 bits per heavy atom. The third-order valence-corrected chi connectivity index (χ3v) is 4.73. The minimum Gasteiger partial charge on any atom is -0.497 e. The summed E-state index contributed by atoms with van der Waals surface area (Å²) >= 11 is 2.00. The van der Waals surface area contributed by atoms with Crippen LogP contribution in [0.4, 0.5) is 5.69 Å². The zero-order chi connectivity index (χ0) is 15.1. The molecular formula is C15H23N3O2S. The Bertz CT molecular complexity index is 488. The van der Waals surface area contributed by atoms with Crippen LogP contribution in [0.15, 0.2) is 23.2 Å². The highest BCUT2D eigenvalue weighted by molar-refractivity contribution is 7.99. The summed E-state index contributed by atoms with van der Waals surface area (Å²) in [6.45, 7) is 0.776. The lowest BCUT2D eigenvalue weighted by Crippen LogP contribution is -2.25. The van der Waals surface area contributed by atoms with Crippen LogP contribution in [0.25, 0.3) is 0 Å². The molecule has 1 heterocycles. The van der Waals surface area contributed by atoms with Crippen LogP contribution in [0.5, 0.6) is 11.5 Å². The molecule has 1 atom stereocenters. The Hall–Kier alpha value is -1.56.